The summed E-state index contributed by atoms with van der Waals surface area (Å²) in [6.45, 7) is 0.861. The summed E-state index contributed by atoms with van der Waals surface area (Å²) < 4.78 is 0. The SMILES string of the molecule is CNC(=O)CNC(=O)CNCCNCC(=O)O. The first-order valence-corrected chi connectivity index (χ1v) is 5.16. The van der Waals surface area contributed by atoms with Gasteiger partial charge in [-0.1, -0.05) is 0 Å². The second-order valence-corrected chi connectivity index (χ2v) is 3.20. The van der Waals surface area contributed by atoms with Gasteiger partial charge in [0, 0.05) is 20.1 Å². The molecule has 0 rings (SSSR count). The lowest BCUT2D eigenvalue weighted by atomic mass is 10.5. The Kier molecular flexibility index (Phi) is 8.61. The van der Waals surface area contributed by atoms with Crippen LogP contribution in [0.15, 0.2) is 0 Å². The van der Waals surface area contributed by atoms with E-state index in [9.17, 15) is 14.4 Å². The molecule has 0 aromatic rings. The topological polar surface area (TPSA) is 120 Å². The standard InChI is InChI=1S/C9H18N4O4/c1-10-7(14)5-13-8(15)4-11-2-3-12-6-9(16)17/h11-12H,2-6H2,1H3,(H,10,14)(H,13,15)(H,16,17). The minimum atomic E-state index is -0.923. The van der Waals surface area contributed by atoms with Crippen molar-refractivity contribution in [2.24, 2.45) is 0 Å². The van der Waals surface area contributed by atoms with Gasteiger partial charge in [-0.2, -0.15) is 0 Å². The Labute approximate surface area is 99.1 Å². The van der Waals surface area contributed by atoms with Gasteiger partial charge in [0.05, 0.1) is 19.6 Å². The van der Waals surface area contributed by atoms with Crippen LogP contribution in [-0.4, -0.2) is 62.7 Å². The van der Waals surface area contributed by atoms with Crippen molar-refractivity contribution in [1.82, 2.24) is 21.3 Å². The number of likely N-dealkylation sites (N-methyl/N-ethyl adjacent to an activating group) is 1. The third-order valence-corrected chi connectivity index (χ3v) is 1.77. The normalized spacial score (nSPS) is 9.71. The Morgan fingerprint density at radius 1 is 0.941 bits per heavy atom. The summed E-state index contributed by atoms with van der Waals surface area (Å²) >= 11 is 0. The quantitative estimate of drug-likeness (QED) is 0.279. The van der Waals surface area contributed by atoms with Crippen molar-refractivity contribution in [3.63, 3.8) is 0 Å². The lowest BCUT2D eigenvalue weighted by Crippen LogP contribution is -2.41. The molecule has 0 fully saturated rings. The van der Waals surface area contributed by atoms with Crippen LogP contribution in [0.25, 0.3) is 0 Å². The van der Waals surface area contributed by atoms with Crippen LogP contribution in [0.5, 0.6) is 0 Å². The zero-order valence-electron chi connectivity index (χ0n) is 9.71. The molecule has 0 aromatic carbocycles. The van der Waals surface area contributed by atoms with E-state index in [4.69, 9.17) is 5.11 Å². The molecule has 0 aliphatic rings. The summed E-state index contributed by atoms with van der Waals surface area (Å²) in [5.74, 6) is -1.47. The minimum absolute atomic E-state index is 0.0473. The van der Waals surface area contributed by atoms with Gasteiger partial charge in [-0.15, -0.1) is 0 Å². The largest absolute Gasteiger partial charge is 0.480 e. The van der Waals surface area contributed by atoms with E-state index < -0.39 is 5.97 Å². The van der Waals surface area contributed by atoms with Gasteiger partial charge in [-0.05, 0) is 0 Å². The summed E-state index contributed by atoms with van der Waals surface area (Å²) in [5, 5.41) is 18.6. The van der Waals surface area contributed by atoms with Gasteiger partial charge in [0.2, 0.25) is 11.8 Å². The molecule has 98 valence electrons. The molecule has 0 heterocycles. The molecule has 0 radical (unpaired) electrons. The van der Waals surface area contributed by atoms with Gasteiger partial charge < -0.3 is 26.4 Å². The zero-order valence-corrected chi connectivity index (χ0v) is 9.71. The minimum Gasteiger partial charge on any atom is -0.480 e. The Balaban J connectivity index is 3.33. The van der Waals surface area contributed by atoms with Gasteiger partial charge in [0.1, 0.15) is 0 Å². The smallest absolute Gasteiger partial charge is 0.317 e. The molecule has 5 N–H and O–H groups in total. The summed E-state index contributed by atoms with van der Waals surface area (Å²) in [7, 11) is 1.49. The molecule has 17 heavy (non-hydrogen) atoms. The van der Waals surface area contributed by atoms with E-state index in [1.165, 1.54) is 7.05 Å². The predicted octanol–water partition coefficient (Wildman–Crippen LogP) is -2.89. The van der Waals surface area contributed by atoms with Crippen molar-refractivity contribution < 1.29 is 19.5 Å². The number of carbonyl (C=O) groups is 3. The van der Waals surface area contributed by atoms with Crippen LogP contribution >= 0.6 is 0 Å². The maximum Gasteiger partial charge on any atom is 0.317 e. The highest BCUT2D eigenvalue weighted by Crippen LogP contribution is 1.67. The fraction of sp³-hybridized carbons (Fsp3) is 0.667. The van der Waals surface area contributed by atoms with Crippen LogP contribution in [0.4, 0.5) is 0 Å². The summed E-state index contributed by atoms with van der Waals surface area (Å²) in [6.07, 6.45) is 0. The first-order chi connectivity index (χ1) is 8.06. The van der Waals surface area contributed by atoms with Gasteiger partial charge in [0.15, 0.2) is 0 Å². The Bertz CT molecular complexity index is 270. The van der Waals surface area contributed by atoms with Crippen molar-refractivity contribution >= 4 is 17.8 Å². The van der Waals surface area contributed by atoms with Crippen LogP contribution in [0, 0.1) is 0 Å². The molecule has 0 saturated carbocycles. The highest BCUT2D eigenvalue weighted by molar-refractivity contribution is 5.85. The number of rotatable bonds is 9. The first kappa shape index (κ1) is 15.3. The molecule has 0 unspecified atom stereocenters. The van der Waals surface area contributed by atoms with Crippen molar-refractivity contribution in [2.45, 2.75) is 0 Å². The third kappa shape index (κ3) is 10.6. The number of amides is 2. The van der Waals surface area contributed by atoms with Gasteiger partial charge in [-0.25, -0.2) is 0 Å². The molecule has 0 spiro atoms. The van der Waals surface area contributed by atoms with E-state index in [1.54, 1.807) is 0 Å². The van der Waals surface area contributed by atoms with Gasteiger partial charge in [0.25, 0.3) is 0 Å². The Morgan fingerprint density at radius 2 is 1.53 bits per heavy atom. The molecule has 0 aliphatic carbocycles. The fourth-order valence-electron chi connectivity index (χ4n) is 0.904. The van der Waals surface area contributed by atoms with Crippen molar-refractivity contribution in [2.75, 3.05) is 39.8 Å². The number of carbonyl (C=O) groups excluding carboxylic acids is 2. The second kappa shape index (κ2) is 9.55. The van der Waals surface area contributed by atoms with Crippen LogP contribution < -0.4 is 21.3 Å². The second-order valence-electron chi connectivity index (χ2n) is 3.20. The lowest BCUT2D eigenvalue weighted by Gasteiger charge is -2.06. The van der Waals surface area contributed by atoms with Crippen LogP contribution in [0.3, 0.4) is 0 Å². The summed E-state index contributed by atoms with van der Waals surface area (Å²) in [6, 6.07) is 0. The van der Waals surface area contributed by atoms with E-state index in [1.807, 2.05) is 0 Å². The fourth-order valence-corrected chi connectivity index (χ4v) is 0.904. The van der Waals surface area contributed by atoms with E-state index in [0.29, 0.717) is 13.1 Å². The molecule has 0 bridgehead atoms. The molecule has 0 aromatic heterocycles. The highest BCUT2D eigenvalue weighted by Gasteiger charge is 2.02. The van der Waals surface area contributed by atoms with E-state index >= 15 is 0 Å². The monoisotopic (exact) mass is 246 g/mol. The average molecular weight is 246 g/mol. The van der Waals surface area contributed by atoms with E-state index in [0.717, 1.165) is 0 Å². The van der Waals surface area contributed by atoms with Crippen LogP contribution in [0.1, 0.15) is 0 Å². The predicted molar refractivity (Wildman–Crippen MR) is 60.5 cm³/mol. The number of hydrogen-bond acceptors (Lipinski definition) is 5. The Morgan fingerprint density at radius 3 is 2.06 bits per heavy atom. The molecule has 0 aliphatic heterocycles. The maximum absolute atomic E-state index is 11.1. The highest BCUT2D eigenvalue weighted by atomic mass is 16.4. The third-order valence-electron chi connectivity index (χ3n) is 1.77. The summed E-state index contributed by atoms with van der Waals surface area (Å²) in [4.78, 5) is 32.1. The lowest BCUT2D eigenvalue weighted by molar-refractivity contribution is -0.136. The van der Waals surface area contributed by atoms with Gasteiger partial charge in [-0.3, -0.25) is 14.4 Å². The molecule has 0 atom stereocenters. The molecule has 8 nitrogen and oxygen atoms in total. The van der Waals surface area contributed by atoms with Crippen LogP contribution in [0.2, 0.25) is 0 Å². The van der Waals surface area contributed by atoms with E-state index in [2.05, 4.69) is 21.3 Å². The molecular weight excluding hydrogens is 228 g/mol. The summed E-state index contributed by atoms with van der Waals surface area (Å²) in [5.41, 5.74) is 0. The van der Waals surface area contributed by atoms with Crippen molar-refractivity contribution in [3.05, 3.63) is 0 Å². The zero-order chi connectivity index (χ0) is 13.1. The van der Waals surface area contributed by atoms with Crippen molar-refractivity contribution in [1.29, 1.82) is 0 Å². The number of nitrogens with one attached hydrogen (secondary N) is 4. The number of aliphatic carboxylic acids is 1. The van der Waals surface area contributed by atoms with Crippen LogP contribution in [-0.2, 0) is 14.4 Å². The number of carboxylic acids is 1. The molecule has 2 amide bonds. The van der Waals surface area contributed by atoms with E-state index in [-0.39, 0.29) is 31.4 Å². The molecular formula is C9H18N4O4. The van der Waals surface area contributed by atoms with Gasteiger partial charge >= 0.3 is 5.97 Å². The number of hydrogen-bond donors (Lipinski definition) is 5. The van der Waals surface area contributed by atoms with Crippen molar-refractivity contribution in [3.8, 4) is 0 Å². The molecule has 8 heteroatoms. The first-order valence-electron chi connectivity index (χ1n) is 5.16. The maximum atomic E-state index is 11.1. The number of carboxylic acid groups (broad SMARTS) is 1. The Hall–Kier alpha value is -1.67. The average Bonchev–Trinajstić information content (AvgIpc) is 2.30. The molecule has 0 saturated heterocycles.